The maximum atomic E-state index is 4.57. The first-order valence-corrected chi connectivity index (χ1v) is 7.77. The first-order chi connectivity index (χ1) is 12.4. The van der Waals surface area contributed by atoms with Crippen LogP contribution in [0.25, 0.3) is 27.7 Å². The fourth-order valence-electron chi connectivity index (χ4n) is 2.89. The predicted molar refractivity (Wildman–Crippen MR) is 90.6 cm³/mol. The molecule has 0 fully saturated rings. The van der Waals surface area contributed by atoms with E-state index in [1.54, 1.807) is 11.0 Å². The lowest BCUT2D eigenvalue weighted by atomic mass is 10.1. The van der Waals surface area contributed by atoms with Gasteiger partial charge in [0.05, 0.1) is 5.52 Å². The molecule has 8 nitrogen and oxygen atoms in total. The number of fused-ring (bicyclic) bond motifs is 3. The Morgan fingerprint density at radius 1 is 0.960 bits per heavy atom. The molecule has 0 atom stereocenters. The minimum absolute atomic E-state index is 0.450. The van der Waals surface area contributed by atoms with Crippen LogP contribution in [0.15, 0.2) is 61.2 Å². The minimum atomic E-state index is 0.450. The van der Waals surface area contributed by atoms with Gasteiger partial charge in [-0.3, -0.25) is 9.38 Å². The van der Waals surface area contributed by atoms with Gasteiger partial charge in [0.15, 0.2) is 11.5 Å². The maximum Gasteiger partial charge on any atom is 0.170 e. The number of hydrogen-bond donors (Lipinski definition) is 0. The van der Waals surface area contributed by atoms with E-state index in [0.717, 1.165) is 33.5 Å². The average molecular weight is 328 g/mol. The van der Waals surface area contributed by atoms with E-state index < -0.39 is 0 Å². The molecular formula is C17H12N8. The molecule has 0 aliphatic carbocycles. The lowest BCUT2D eigenvalue weighted by Gasteiger charge is -2.05. The number of tetrazole rings is 1. The number of hydrogen-bond acceptors (Lipinski definition) is 6. The lowest BCUT2D eigenvalue weighted by Crippen LogP contribution is -2.05. The Kier molecular flexibility index (Phi) is 2.99. The van der Waals surface area contributed by atoms with Crippen LogP contribution in [0.2, 0.25) is 0 Å². The number of aromatic nitrogens is 8. The summed E-state index contributed by atoms with van der Waals surface area (Å²) >= 11 is 0. The van der Waals surface area contributed by atoms with Crippen LogP contribution in [0.1, 0.15) is 5.82 Å². The van der Waals surface area contributed by atoms with Crippen LogP contribution in [0.3, 0.4) is 0 Å². The summed E-state index contributed by atoms with van der Waals surface area (Å²) < 4.78 is 3.56. The quantitative estimate of drug-likeness (QED) is 0.503. The summed E-state index contributed by atoms with van der Waals surface area (Å²) in [5.74, 6) is 0.759. The second-order valence-electron chi connectivity index (χ2n) is 5.66. The molecular weight excluding hydrogens is 316 g/mol. The van der Waals surface area contributed by atoms with E-state index in [9.17, 15) is 0 Å². The number of nitrogens with zero attached hydrogens (tertiary/aromatic N) is 8. The SMILES string of the molecule is c1ccc(-c2cnc3ccn4c(Cn5cnnn5)nnc4c3c2)cc1. The van der Waals surface area contributed by atoms with Crippen molar-refractivity contribution in [1.29, 1.82) is 0 Å². The molecule has 0 N–H and O–H groups in total. The molecule has 0 radical (unpaired) electrons. The highest BCUT2D eigenvalue weighted by molar-refractivity contribution is 5.93. The third-order valence-electron chi connectivity index (χ3n) is 4.11. The second kappa shape index (κ2) is 5.45. The molecule has 0 unspecified atom stereocenters. The van der Waals surface area contributed by atoms with E-state index in [0.29, 0.717) is 6.54 Å². The van der Waals surface area contributed by atoms with E-state index in [2.05, 4.69) is 48.9 Å². The van der Waals surface area contributed by atoms with Gasteiger partial charge in [-0.25, -0.2) is 4.68 Å². The molecule has 5 rings (SSSR count). The van der Waals surface area contributed by atoms with Gasteiger partial charge in [-0.2, -0.15) is 0 Å². The summed E-state index contributed by atoms with van der Waals surface area (Å²) in [7, 11) is 0. The van der Waals surface area contributed by atoms with Crippen molar-refractivity contribution >= 4 is 16.6 Å². The molecule has 0 spiro atoms. The topological polar surface area (TPSA) is 86.7 Å². The zero-order valence-corrected chi connectivity index (χ0v) is 13.1. The van der Waals surface area contributed by atoms with Crippen LogP contribution >= 0.6 is 0 Å². The fourth-order valence-corrected chi connectivity index (χ4v) is 2.89. The summed E-state index contributed by atoms with van der Waals surface area (Å²) in [5, 5.41) is 20.8. The van der Waals surface area contributed by atoms with Gasteiger partial charge >= 0.3 is 0 Å². The highest BCUT2D eigenvalue weighted by atomic mass is 15.5. The van der Waals surface area contributed by atoms with Gasteiger partial charge < -0.3 is 0 Å². The van der Waals surface area contributed by atoms with Crippen molar-refractivity contribution in [2.75, 3.05) is 0 Å². The largest absolute Gasteiger partial charge is 0.284 e. The summed E-state index contributed by atoms with van der Waals surface area (Å²) in [6.07, 6.45) is 5.36. The Bertz CT molecular complexity index is 1160. The first kappa shape index (κ1) is 13.7. The van der Waals surface area contributed by atoms with Crippen LogP contribution in [0.5, 0.6) is 0 Å². The van der Waals surface area contributed by atoms with Crippen molar-refractivity contribution in [3.05, 3.63) is 67.0 Å². The van der Waals surface area contributed by atoms with Gasteiger partial charge in [0, 0.05) is 23.3 Å². The molecule has 120 valence electrons. The van der Waals surface area contributed by atoms with Gasteiger partial charge in [0.1, 0.15) is 12.9 Å². The first-order valence-electron chi connectivity index (χ1n) is 7.77. The van der Waals surface area contributed by atoms with E-state index in [1.807, 2.05) is 41.1 Å². The monoisotopic (exact) mass is 328 g/mol. The Balaban J connectivity index is 1.67. The highest BCUT2D eigenvalue weighted by Gasteiger charge is 2.11. The fraction of sp³-hybridized carbons (Fsp3) is 0.0588. The van der Waals surface area contributed by atoms with E-state index in [-0.39, 0.29) is 0 Å². The molecule has 0 aliphatic rings. The van der Waals surface area contributed by atoms with Gasteiger partial charge in [-0.1, -0.05) is 30.3 Å². The molecule has 0 saturated heterocycles. The zero-order chi connectivity index (χ0) is 16.6. The van der Waals surface area contributed by atoms with Crippen molar-refractivity contribution in [3.8, 4) is 11.1 Å². The van der Waals surface area contributed by atoms with Gasteiger partial charge in [0.25, 0.3) is 0 Å². The van der Waals surface area contributed by atoms with Gasteiger partial charge in [-0.15, -0.1) is 15.3 Å². The molecule has 25 heavy (non-hydrogen) atoms. The molecule has 5 aromatic rings. The van der Waals surface area contributed by atoms with Crippen LogP contribution in [0, 0.1) is 0 Å². The van der Waals surface area contributed by atoms with Crippen LogP contribution in [-0.2, 0) is 6.54 Å². The summed E-state index contributed by atoms with van der Waals surface area (Å²) in [6.45, 7) is 0.450. The predicted octanol–water partition coefficient (Wildman–Crippen LogP) is 1.98. The summed E-state index contributed by atoms with van der Waals surface area (Å²) in [6, 6.07) is 14.2. The normalized spacial score (nSPS) is 11.4. The van der Waals surface area contributed by atoms with Crippen molar-refractivity contribution < 1.29 is 0 Å². The smallest absolute Gasteiger partial charge is 0.170 e. The summed E-state index contributed by atoms with van der Waals surface area (Å²) in [5.41, 5.74) is 3.82. The summed E-state index contributed by atoms with van der Waals surface area (Å²) in [4.78, 5) is 4.57. The lowest BCUT2D eigenvalue weighted by molar-refractivity contribution is 0.619. The maximum absolute atomic E-state index is 4.57. The molecule has 4 heterocycles. The molecule has 4 aromatic heterocycles. The Hall–Kier alpha value is -3.68. The van der Waals surface area contributed by atoms with E-state index in [1.165, 1.54) is 0 Å². The van der Waals surface area contributed by atoms with E-state index >= 15 is 0 Å². The Morgan fingerprint density at radius 3 is 2.72 bits per heavy atom. The molecule has 1 aromatic carbocycles. The highest BCUT2D eigenvalue weighted by Crippen LogP contribution is 2.25. The molecule has 8 heteroatoms. The second-order valence-corrected chi connectivity index (χ2v) is 5.66. The third-order valence-corrected chi connectivity index (χ3v) is 4.11. The third kappa shape index (κ3) is 2.31. The number of rotatable bonds is 3. The van der Waals surface area contributed by atoms with E-state index in [4.69, 9.17) is 0 Å². The Labute approximate surface area is 141 Å². The molecule has 0 saturated carbocycles. The molecule has 0 amide bonds. The van der Waals surface area contributed by atoms with Gasteiger partial charge in [0.2, 0.25) is 0 Å². The Morgan fingerprint density at radius 2 is 1.88 bits per heavy atom. The van der Waals surface area contributed by atoms with Crippen LogP contribution in [-0.4, -0.2) is 39.8 Å². The number of pyridine rings is 2. The van der Waals surface area contributed by atoms with Crippen molar-refractivity contribution in [2.24, 2.45) is 0 Å². The van der Waals surface area contributed by atoms with Crippen molar-refractivity contribution in [1.82, 2.24) is 39.8 Å². The minimum Gasteiger partial charge on any atom is -0.284 e. The van der Waals surface area contributed by atoms with Crippen molar-refractivity contribution in [2.45, 2.75) is 6.54 Å². The molecule has 0 aliphatic heterocycles. The average Bonchev–Trinajstić information content (AvgIpc) is 3.33. The van der Waals surface area contributed by atoms with Gasteiger partial charge in [-0.05, 0) is 28.1 Å². The molecule has 0 bridgehead atoms. The van der Waals surface area contributed by atoms with Crippen LogP contribution in [0.4, 0.5) is 0 Å². The number of benzene rings is 1. The van der Waals surface area contributed by atoms with Crippen molar-refractivity contribution in [3.63, 3.8) is 0 Å². The van der Waals surface area contributed by atoms with Crippen LogP contribution < -0.4 is 0 Å². The zero-order valence-electron chi connectivity index (χ0n) is 13.1. The standard InChI is InChI=1S/C17H12N8/c1-2-4-12(5-3-1)13-8-14-15(18-9-13)6-7-25-16(20-21-17(14)25)10-24-11-19-22-23-24/h1-9,11H,10H2.